The summed E-state index contributed by atoms with van der Waals surface area (Å²) in [6.45, 7) is 0.323. The Bertz CT molecular complexity index is 1590. The highest BCUT2D eigenvalue weighted by atomic mass is 32.1. The quantitative estimate of drug-likeness (QED) is 0.127. The Hall–Kier alpha value is -4.79. The van der Waals surface area contributed by atoms with Crippen molar-refractivity contribution in [1.29, 1.82) is 0 Å². The first-order chi connectivity index (χ1) is 20.7. The molecule has 5 heterocycles. The van der Waals surface area contributed by atoms with Crippen molar-refractivity contribution in [3.63, 3.8) is 0 Å². The monoisotopic (exact) mass is 608 g/mol. The molecule has 1 aliphatic carbocycles. The molecule has 43 heavy (non-hydrogen) atoms. The van der Waals surface area contributed by atoms with E-state index in [-0.39, 0.29) is 46.6 Å². The van der Waals surface area contributed by atoms with Gasteiger partial charge in [0.05, 0.1) is 19.8 Å². The SMILES string of the molecule is C[n+]1ccccc1N1CC/C(=C\C2=C(C(=O)O)N3C(=O)[C@@H](NC(=O)/C(=N\OC4CCCC4)c4csc(N)n4)[C@H]3CO2)C1=O. The fourth-order valence-electron chi connectivity index (χ4n) is 5.68. The highest BCUT2D eigenvalue weighted by molar-refractivity contribution is 7.13. The minimum absolute atomic E-state index is 0.0883. The fourth-order valence-corrected chi connectivity index (χ4v) is 6.23. The first kappa shape index (κ1) is 28.3. The van der Waals surface area contributed by atoms with Gasteiger partial charge in [-0.2, -0.15) is 4.90 Å². The second kappa shape index (κ2) is 11.5. The molecule has 2 atom stereocenters. The van der Waals surface area contributed by atoms with Crippen LogP contribution in [-0.2, 0) is 35.8 Å². The lowest BCUT2D eigenvalue weighted by Gasteiger charge is -2.49. The van der Waals surface area contributed by atoms with Gasteiger partial charge in [-0.1, -0.05) is 11.2 Å². The van der Waals surface area contributed by atoms with Crippen molar-refractivity contribution in [2.24, 2.45) is 12.2 Å². The third kappa shape index (κ3) is 5.31. The largest absolute Gasteiger partial charge is 0.489 e. The highest BCUT2D eigenvalue weighted by Crippen LogP contribution is 2.35. The minimum Gasteiger partial charge on any atom is -0.489 e. The summed E-state index contributed by atoms with van der Waals surface area (Å²) in [5, 5.41) is 18.6. The van der Waals surface area contributed by atoms with Gasteiger partial charge in [0.25, 0.3) is 17.6 Å². The Morgan fingerprint density at radius 3 is 2.79 bits per heavy atom. The number of hydrogen-bond donors (Lipinski definition) is 3. The first-order valence-electron chi connectivity index (χ1n) is 13.9. The predicted octanol–water partition coefficient (Wildman–Crippen LogP) is 0.598. The van der Waals surface area contributed by atoms with Gasteiger partial charge in [-0.3, -0.25) is 14.5 Å². The van der Waals surface area contributed by atoms with Crippen molar-refractivity contribution in [2.45, 2.75) is 50.3 Å². The molecule has 224 valence electrons. The van der Waals surface area contributed by atoms with E-state index in [0.29, 0.717) is 24.4 Å². The zero-order valence-electron chi connectivity index (χ0n) is 23.3. The molecule has 0 aromatic carbocycles. The molecule has 0 radical (unpaired) electrons. The molecule has 2 saturated heterocycles. The van der Waals surface area contributed by atoms with E-state index < -0.39 is 29.9 Å². The lowest BCUT2D eigenvalue weighted by Crippen LogP contribution is -2.73. The first-order valence-corrected chi connectivity index (χ1v) is 14.8. The Kier molecular flexibility index (Phi) is 7.56. The number of ether oxygens (including phenoxy) is 1. The number of nitrogens with one attached hydrogen (secondary N) is 1. The number of aliphatic carboxylic acids is 1. The van der Waals surface area contributed by atoms with E-state index in [1.54, 1.807) is 10.3 Å². The number of carboxylic acid groups (broad SMARTS) is 1. The second-order valence-corrected chi connectivity index (χ2v) is 11.5. The second-order valence-electron chi connectivity index (χ2n) is 10.6. The van der Waals surface area contributed by atoms with Crippen LogP contribution in [0.3, 0.4) is 0 Å². The third-order valence-electron chi connectivity index (χ3n) is 7.90. The standard InChI is InChI=1S/C28H29N7O7S/c1-33-10-5-4-8-20(33)34-11-9-15(25(34)37)12-19-23(27(39)40)35-18(13-41-19)22(26(35)38)31-24(36)21(17-14-43-28(29)30-17)32-42-16-6-2-3-7-16/h4-5,8,10,12,14,16,18,22H,2-3,6-7,9,11,13H2,1H3,(H3-,29,30,31,36,39,40)/p+1/b15-12+,32-21-/t18-,22+/m1/s1. The summed E-state index contributed by atoms with van der Waals surface area (Å²) in [7, 11) is 1.83. The molecule has 0 spiro atoms. The van der Waals surface area contributed by atoms with Crippen LogP contribution in [0.15, 0.2) is 58.0 Å². The molecule has 2 aromatic rings. The molecule has 3 fully saturated rings. The van der Waals surface area contributed by atoms with Gasteiger partial charge in [0, 0.05) is 23.4 Å². The number of carboxylic acids is 1. The summed E-state index contributed by atoms with van der Waals surface area (Å²) >= 11 is 1.13. The van der Waals surface area contributed by atoms with E-state index in [1.165, 1.54) is 6.08 Å². The van der Waals surface area contributed by atoms with Crippen molar-refractivity contribution < 1.29 is 38.4 Å². The minimum atomic E-state index is -1.39. The number of aromatic nitrogens is 2. The number of fused-ring (bicyclic) bond motifs is 1. The Morgan fingerprint density at radius 1 is 1.30 bits per heavy atom. The number of amides is 3. The number of β-lactam (4-membered cyclic amide) rings is 1. The number of carbonyl (C=O) groups is 4. The Balaban J connectivity index is 1.20. The van der Waals surface area contributed by atoms with Gasteiger partial charge in [-0.25, -0.2) is 19.1 Å². The number of nitrogens with two attached hydrogens (primary N) is 1. The molecular formula is C28H30N7O7S+. The van der Waals surface area contributed by atoms with Gasteiger partial charge in [-0.15, -0.1) is 11.3 Å². The number of aryl methyl sites for hydroxylation is 1. The molecule has 4 aliphatic rings. The average molecular weight is 609 g/mol. The van der Waals surface area contributed by atoms with Crippen LogP contribution < -0.4 is 20.5 Å². The molecule has 6 rings (SSSR count). The normalized spacial score (nSPS) is 23.4. The van der Waals surface area contributed by atoms with Crippen LogP contribution in [0.1, 0.15) is 37.8 Å². The maximum atomic E-state index is 13.3. The number of nitrogens with zero attached hydrogens (tertiary/aromatic N) is 5. The van der Waals surface area contributed by atoms with E-state index in [1.807, 2.05) is 36.0 Å². The molecule has 3 amide bonds. The number of rotatable bonds is 8. The number of thiazole rings is 1. The van der Waals surface area contributed by atoms with Gasteiger partial charge in [0.2, 0.25) is 0 Å². The van der Waals surface area contributed by atoms with Gasteiger partial charge >= 0.3 is 11.9 Å². The van der Waals surface area contributed by atoms with E-state index in [2.05, 4.69) is 15.5 Å². The average Bonchev–Trinajstić information content (AvgIpc) is 3.74. The fraction of sp³-hybridized carbons (Fsp3) is 0.393. The van der Waals surface area contributed by atoms with Crippen LogP contribution in [0.25, 0.3) is 0 Å². The summed E-state index contributed by atoms with van der Waals surface area (Å²) in [4.78, 5) is 64.5. The molecule has 0 unspecified atom stereocenters. The number of oxime groups is 1. The van der Waals surface area contributed by atoms with Crippen LogP contribution in [0.2, 0.25) is 0 Å². The summed E-state index contributed by atoms with van der Waals surface area (Å²) < 4.78 is 7.62. The third-order valence-corrected chi connectivity index (χ3v) is 8.58. The van der Waals surface area contributed by atoms with Crippen molar-refractivity contribution in [3.05, 3.63) is 58.6 Å². The van der Waals surface area contributed by atoms with Crippen molar-refractivity contribution >= 4 is 51.7 Å². The Morgan fingerprint density at radius 2 is 2.09 bits per heavy atom. The van der Waals surface area contributed by atoms with Crippen LogP contribution in [-0.4, -0.2) is 75.7 Å². The van der Waals surface area contributed by atoms with Gasteiger partial charge < -0.3 is 25.7 Å². The Labute approximate surface area is 250 Å². The summed E-state index contributed by atoms with van der Waals surface area (Å²) in [5.74, 6) is -2.40. The lowest BCUT2D eigenvalue weighted by atomic mass is 9.92. The number of pyridine rings is 1. The van der Waals surface area contributed by atoms with Gasteiger partial charge in [0.15, 0.2) is 22.3 Å². The molecule has 4 N–H and O–H groups in total. The molecule has 15 heteroatoms. The summed E-state index contributed by atoms with van der Waals surface area (Å²) in [5.41, 5.74) is 5.82. The maximum absolute atomic E-state index is 13.3. The molecule has 14 nitrogen and oxygen atoms in total. The summed E-state index contributed by atoms with van der Waals surface area (Å²) in [6.07, 6.45) is 7.14. The van der Waals surface area contributed by atoms with Crippen LogP contribution >= 0.6 is 11.3 Å². The number of anilines is 2. The van der Waals surface area contributed by atoms with Crippen LogP contribution in [0, 0.1) is 0 Å². The molecule has 3 aliphatic heterocycles. The zero-order chi connectivity index (χ0) is 30.2. The zero-order valence-corrected chi connectivity index (χ0v) is 24.1. The molecule has 0 bridgehead atoms. The maximum Gasteiger partial charge on any atom is 0.356 e. The van der Waals surface area contributed by atoms with Crippen molar-refractivity contribution in [2.75, 3.05) is 23.8 Å². The number of carbonyl (C=O) groups excluding carboxylic acids is 3. The van der Waals surface area contributed by atoms with E-state index in [4.69, 9.17) is 15.3 Å². The lowest BCUT2D eigenvalue weighted by molar-refractivity contribution is -0.658. The van der Waals surface area contributed by atoms with Gasteiger partial charge in [-0.05, 0) is 37.8 Å². The number of allylic oxidation sites excluding steroid dienone is 1. The predicted molar refractivity (Wildman–Crippen MR) is 152 cm³/mol. The smallest absolute Gasteiger partial charge is 0.356 e. The number of nitrogen functional groups attached to an aromatic ring is 1. The summed E-state index contributed by atoms with van der Waals surface area (Å²) in [6, 6.07) is 3.65. The van der Waals surface area contributed by atoms with Crippen LogP contribution in [0.5, 0.6) is 0 Å². The van der Waals surface area contributed by atoms with Gasteiger partial charge in [0.1, 0.15) is 30.5 Å². The molecule has 1 saturated carbocycles. The van der Waals surface area contributed by atoms with Crippen molar-refractivity contribution in [1.82, 2.24) is 15.2 Å². The van der Waals surface area contributed by atoms with E-state index in [9.17, 15) is 24.3 Å². The van der Waals surface area contributed by atoms with Crippen LogP contribution in [0.4, 0.5) is 10.9 Å². The van der Waals surface area contributed by atoms with E-state index in [0.717, 1.165) is 41.9 Å². The van der Waals surface area contributed by atoms with Crippen molar-refractivity contribution in [3.8, 4) is 0 Å². The highest BCUT2D eigenvalue weighted by Gasteiger charge is 2.55. The van der Waals surface area contributed by atoms with E-state index >= 15 is 0 Å². The topological polar surface area (TPSA) is 181 Å². The number of hydrogen-bond acceptors (Lipinski definition) is 10. The molecule has 2 aromatic heterocycles. The molecular weight excluding hydrogens is 578 g/mol.